The third kappa shape index (κ3) is 4.01. The highest BCUT2D eigenvalue weighted by molar-refractivity contribution is 6.08. The van der Waals surface area contributed by atoms with Crippen molar-refractivity contribution in [3.63, 3.8) is 0 Å². The first-order valence-corrected chi connectivity index (χ1v) is 8.99. The number of benzene rings is 3. The Morgan fingerprint density at radius 2 is 1.68 bits per heavy atom. The van der Waals surface area contributed by atoms with Gasteiger partial charge in [0.1, 0.15) is 5.82 Å². The number of rotatable bonds is 5. The van der Waals surface area contributed by atoms with Crippen molar-refractivity contribution < 1.29 is 22.9 Å². The fourth-order valence-corrected chi connectivity index (χ4v) is 2.98. The summed E-state index contributed by atoms with van der Waals surface area (Å²) in [6, 6.07) is 15.5. The molecule has 0 atom stereocenters. The molecule has 0 saturated carbocycles. The molecular weight excluding hydrogens is 408 g/mol. The summed E-state index contributed by atoms with van der Waals surface area (Å²) in [5.74, 6) is -1.81. The molecular formula is C22H13F2N3O4. The van der Waals surface area contributed by atoms with Crippen LogP contribution in [0.4, 0.5) is 20.2 Å². The Bertz CT molecular complexity index is 1300. The number of hydrogen-bond donors (Lipinski definition) is 1. The van der Waals surface area contributed by atoms with Crippen molar-refractivity contribution in [1.82, 2.24) is 4.98 Å². The number of amides is 1. The van der Waals surface area contributed by atoms with Gasteiger partial charge in [-0.1, -0.05) is 24.3 Å². The Morgan fingerprint density at radius 3 is 2.42 bits per heavy atom. The van der Waals surface area contributed by atoms with Crippen LogP contribution in [0.25, 0.3) is 22.8 Å². The van der Waals surface area contributed by atoms with Crippen LogP contribution in [0.15, 0.2) is 77.3 Å². The molecule has 7 nitrogen and oxygen atoms in total. The Balaban J connectivity index is 1.65. The average Bonchev–Trinajstić information content (AvgIpc) is 3.25. The minimum Gasteiger partial charge on any atom is -0.436 e. The molecule has 31 heavy (non-hydrogen) atoms. The van der Waals surface area contributed by atoms with Crippen LogP contribution in [0.3, 0.4) is 0 Å². The minimum atomic E-state index is -1.01. The second kappa shape index (κ2) is 8.15. The van der Waals surface area contributed by atoms with Crippen LogP contribution in [0, 0.1) is 21.7 Å². The van der Waals surface area contributed by atoms with Gasteiger partial charge in [-0.3, -0.25) is 14.9 Å². The lowest BCUT2D eigenvalue weighted by Crippen LogP contribution is -2.13. The predicted octanol–water partition coefficient (Wildman–Crippen LogP) is 5.45. The number of hydrogen-bond acceptors (Lipinski definition) is 5. The fraction of sp³-hybridized carbons (Fsp3) is 0. The van der Waals surface area contributed by atoms with E-state index in [9.17, 15) is 23.7 Å². The Hall–Kier alpha value is -4.40. The van der Waals surface area contributed by atoms with Crippen molar-refractivity contribution in [2.75, 3.05) is 5.32 Å². The zero-order valence-corrected chi connectivity index (χ0v) is 15.7. The topological polar surface area (TPSA) is 98.3 Å². The van der Waals surface area contributed by atoms with Gasteiger partial charge in [-0.05, 0) is 36.4 Å². The van der Waals surface area contributed by atoms with Gasteiger partial charge in [-0.25, -0.2) is 9.37 Å². The lowest BCUT2D eigenvalue weighted by molar-refractivity contribution is -0.387. The molecule has 0 spiro atoms. The largest absolute Gasteiger partial charge is 0.436 e. The standard InChI is InChI=1S/C22H13F2N3O4/c23-17-8-4-3-7-16(17)20-12-25-22(31-20)15-6-2-1-5-14(15)21(28)26-13-9-10-18(24)19(11-13)27(29)30/h1-12H,(H,26,28). The van der Waals surface area contributed by atoms with Crippen molar-refractivity contribution >= 4 is 17.3 Å². The first-order chi connectivity index (χ1) is 14.9. The van der Waals surface area contributed by atoms with Gasteiger partial charge in [-0.15, -0.1) is 0 Å². The van der Waals surface area contributed by atoms with Gasteiger partial charge < -0.3 is 9.73 Å². The molecule has 1 aromatic heterocycles. The quantitative estimate of drug-likeness (QED) is 0.341. The summed E-state index contributed by atoms with van der Waals surface area (Å²) in [5.41, 5.74) is 0.0121. The highest BCUT2D eigenvalue weighted by Crippen LogP contribution is 2.30. The van der Waals surface area contributed by atoms with Crippen molar-refractivity contribution in [3.8, 4) is 22.8 Å². The zero-order valence-electron chi connectivity index (χ0n) is 15.7. The lowest BCUT2D eigenvalue weighted by Gasteiger charge is -2.08. The van der Waals surface area contributed by atoms with E-state index in [4.69, 9.17) is 4.42 Å². The van der Waals surface area contributed by atoms with Crippen LogP contribution in [0.5, 0.6) is 0 Å². The first-order valence-electron chi connectivity index (χ1n) is 8.99. The van der Waals surface area contributed by atoms with E-state index in [2.05, 4.69) is 10.3 Å². The Morgan fingerprint density at radius 1 is 0.968 bits per heavy atom. The molecule has 0 radical (unpaired) electrons. The second-order valence-corrected chi connectivity index (χ2v) is 6.43. The van der Waals surface area contributed by atoms with Gasteiger partial charge in [0.05, 0.1) is 22.2 Å². The van der Waals surface area contributed by atoms with Crippen molar-refractivity contribution in [1.29, 1.82) is 0 Å². The smallest absolute Gasteiger partial charge is 0.306 e. The number of nitro benzene ring substituents is 1. The average molecular weight is 421 g/mol. The molecule has 154 valence electrons. The van der Waals surface area contributed by atoms with Gasteiger partial charge in [0, 0.05) is 17.3 Å². The van der Waals surface area contributed by atoms with Crippen molar-refractivity contribution in [2.24, 2.45) is 0 Å². The van der Waals surface area contributed by atoms with E-state index in [1.807, 2.05) is 0 Å². The van der Waals surface area contributed by atoms with Crippen LogP contribution in [-0.4, -0.2) is 15.8 Å². The van der Waals surface area contributed by atoms with Gasteiger partial charge in [0.15, 0.2) is 5.76 Å². The van der Waals surface area contributed by atoms with Crippen LogP contribution >= 0.6 is 0 Å². The molecule has 9 heteroatoms. The number of carbonyl (C=O) groups excluding carboxylic acids is 1. The number of nitro groups is 1. The number of halogens is 2. The summed E-state index contributed by atoms with van der Waals surface area (Å²) in [7, 11) is 0. The molecule has 0 aliphatic carbocycles. The normalized spacial score (nSPS) is 10.6. The Kier molecular flexibility index (Phi) is 5.23. The third-order valence-corrected chi connectivity index (χ3v) is 4.45. The fourth-order valence-electron chi connectivity index (χ4n) is 2.98. The number of aromatic nitrogens is 1. The molecule has 0 saturated heterocycles. The highest BCUT2D eigenvalue weighted by Gasteiger charge is 2.20. The molecule has 1 heterocycles. The van der Waals surface area contributed by atoms with Gasteiger partial charge >= 0.3 is 5.69 Å². The van der Waals surface area contributed by atoms with E-state index in [1.165, 1.54) is 24.4 Å². The maximum Gasteiger partial charge on any atom is 0.306 e. The lowest BCUT2D eigenvalue weighted by atomic mass is 10.1. The summed E-state index contributed by atoms with van der Waals surface area (Å²) >= 11 is 0. The van der Waals surface area contributed by atoms with Crippen LogP contribution < -0.4 is 5.32 Å². The van der Waals surface area contributed by atoms with Crippen LogP contribution in [-0.2, 0) is 0 Å². The second-order valence-electron chi connectivity index (χ2n) is 6.43. The molecule has 4 rings (SSSR count). The van der Waals surface area contributed by atoms with Crippen molar-refractivity contribution in [3.05, 3.63) is 100 Å². The third-order valence-electron chi connectivity index (χ3n) is 4.45. The monoisotopic (exact) mass is 421 g/mol. The minimum absolute atomic E-state index is 0.0485. The predicted molar refractivity (Wildman–Crippen MR) is 108 cm³/mol. The van der Waals surface area contributed by atoms with E-state index in [0.29, 0.717) is 5.56 Å². The van der Waals surface area contributed by atoms with E-state index in [0.717, 1.165) is 12.1 Å². The van der Waals surface area contributed by atoms with Gasteiger partial charge in [-0.2, -0.15) is 4.39 Å². The van der Waals surface area contributed by atoms with E-state index >= 15 is 0 Å². The number of anilines is 1. The number of carbonyl (C=O) groups is 1. The Labute approximate surface area is 174 Å². The summed E-state index contributed by atoms with van der Waals surface area (Å²) in [4.78, 5) is 27.0. The van der Waals surface area contributed by atoms with Gasteiger partial charge in [0.2, 0.25) is 11.7 Å². The SMILES string of the molecule is O=C(Nc1ccc(F)c([N+](=O)[O-])c1)c1ccccc1-c1ncc(-c2ccccc2F)o1. The molecule has 1 N–H and O–H groups in total. The van der Waals surface area contributed by atoms with Crippen LogP contribution in [0.2, 0.25) is 0 Å². The molecule has 1 amide bonds. The number of nitrogens with zero attached hydrogens (tertiary/aromatic N) is 2. The van der Waals surface area contributed by atoms with Crippen LogP contribution in [0.1, 0.15) is 10.4 Å². The van der Waals surface area contributed by atoms with E-state index in [-0.39, 0.29) is 28.5 Å². The zero-order chi connectivity index (χ0) is 22.0. The molecule has 3 aromatic carbocycles. The maximum absolute atomic E-state index is 14.0. The number of nitrogens with one attached hydrogen (secondary N) is 1. The van der Waals surface area contributed by atoms with Crippen molar-refractivity contribution in [2.45, 2.75) is 0 Å². The summed E-state index contributed by atoms with van der Waals surface area (Å²) in [5, 5.41) is 13.4. The highest BCUT2D eigenvalue weighted by atomic mass is 19.1. The summed E-state index contributed by atoms with van der Waals surface area (Å²) in [6.45, 7) is 0. The van der Waals surface area contributed by atoms with E-state index in [1.54, 1.807) is 36.4 Å². The van der Waals surface area contributed by atoms with E-state index < -0.39 is 28.2 Å². The molecule has 4 aromatic rings. The molecule has 0 aliphatic heterocycles. The number of oxazole rings is 1. The molecule has 0 unspecified atom stereocenters. The van der Waals surface area contributed by atoms with Gasteiger partial charge in [0.25, 0.3) is 5.91 Å². The first kappa shape index (κ1) is 19.9. The maximum atomic E-state index is 14.0. The molecule has 0 bridgehead atoms. The molecule has 0 aliphatic rings. The summed E-state index contributed by atoms with van der Waals surface area (Å²) in [6.07, 6.45) is 1.35. The molecule has 0 fully saturated rings. The summed E-state index contributed by atoms with van der Waals surface area (Å²) < 4.78 is 33.2.